The number of nitrogens with one attached hydrogen (secondary N) is 1. The normalized spacial score (nSPS) is 16.7. The molecule has 1 aliphatic rings. The minimum Gasteiger partial charge on any atom is -0.489 e. The smallest absolute Gasteiger partial charge is 0.119 e. The van der Waals surface area contributed by atoms with Gasteiger partial charge >= 0.3 is 0 Å². The first kappa shape index (κ1) is 18.9. The van der Waals surface area contributed by atoms with Crippen LogP contribution in [0, 0.1) is 0 Å². The van der Waals surface area contributed by atoms with Gasteiger partial charge in [-0.15, -0.1) is 23.7 Å². The molecule has 26 heavy (non-hydrogen) atoms. The number of nitrogens with zero attached hydrogens (tertiary/aromatic N) is 1. The number of thiazole rings is 1. The van der Waals surface area contributed by atoms with E-state index in [2.05, 4.69) is 35.0 Å². The van der Waals surface area contributed by atoms with Crippen LogP contribution in [0.25, 0.3) is 11.3 Å². The van der Waals surface area contributed by atoms with Crippen molar-refractivity contribution in [2.24, 2.45) is 0 Å². The molecule has 1 atom stereocenters. The Kier molecular flexibility index (Phi) is 6.63. The zero-order valence-electron chi connectivity index (χ0n) is 14.3. The lowest BCUT2D eigenvalue weighted by atomic mass is 10.1. The number of hydrogen-bond acceptors (Lipinski definition) is 5. The van der Waals surface area contributed by atoms with E-state index in [4.69, 9.17) is 14.5 Å². The summed E-state index contributed by atoms with van der Waals surface area (Å²) in [4.78, 5) is 4.76. The second-order valence-corrected chi connectivity index (χ2v) is 6.84. The van der Waals surface area contributed by atoms with Crippen molar-refractivity contribution in [1.82, 2.24) is 10.3 Å². The molecule has 1 aliphatic heterocycles. The SMILES string of the molecule is Cl.c1ccc(COc2ccc(-c3csc(C4COCCN4)n3)cc2)cc1. The Labute approximate surface area is 163 Å². The minimum atomic E-state index is 0. The number of halogens is 1. The Bertz CT molecular complexity index is 802. The van der Waals surface area contributed by atoms with Crippen molar-refractivity contribution >= 4 is 23.7 Å². The van der Waals surface area contributed by atoms with Crippen LogP contribution in [-0.4, -0.2) is 24.7 Å². The first-order valence-corrected chi connectivity index (χ1v) is 9.30. The Hall–Kier alpha value is -1.92. The summed E-state index contributed by atoms with van der Waals surface area (Å²) in [5.74, 6) is 0.866. The maximum atomic E-state index is 5.84. The highest BCUT2D eigenvalue weighted by molar-refractivity contribution is 7.10. The molecule has 0 aliphatic carbocycles. The monoisotopic (exact) mass is 388 g/mol. The van der Waals surface area contributed by atoms with E-state index in [-0.39, 0.29) is 18.4 Å². The van der Waals surface area contributed by atoms with Crippen LogP contribution in [0.5, 0.6) is 5.75 Å². The average molecular weight is 389 g/mol. The van der Waals surface area contributed by atoms with Crippen molar-refractivity contribution in [2.75, 3.05) is 19.8 Å². The summed E-state index contributed by atoms with van der Waals surface area (Å²) in [6.07, 6.45) is 0. The highest BCUT2D eigenvalue weighted by Gasteiger charge is 2.18. The number of morpholine rings is 1. The number of rotatable bonds is 5. The zero-order chi connectivity index (χ0) is 16.9. The van der Waals surface area contributed by atoms with E-state index in [9.17, 15) is 0 Å². The minimum absolute atomic E-state index is 0. The summed E-state index contributed by atoms with van der Waals surface area (Å²) in [7, 11) is 0. The van der Waals surface area contributed by atoms with Crippen LogP contribution >= 0.6 is 23.7 Å². The first-order chi connectivity index (χ1) is 12.4. The van der Waals surface area contributed by atoms with Gasteiger partial charge < -0.3 is 14.8 Å². The van der Waals surface area contributed by atoms with Crippen LogP contribution in [0.2, 0.25) is 0 Å². The van der Waals surface area contributed by atoms with Gasteiger partial charge in [-0.3, -0.25) is 0 Å². The van der Waals surface area contributed by atoms with Gasteiger partial charge in [0.25, 0.3) is 0 Å². The van der Waals surface area contributed by atoms with Crippen LogP contribution in [0.15, 0.2) is 60.0 Å². The van der Waals surface area contributed by atoms with Gasteiger partial charge in [0.2, 0.25) is 0 Å². The lowest BCUT2D eigenvalue weighted by molar-refractivity contribution is 0.0768. The molecule has 3 aromatic rings. The summed E-state index contributed by atoms with van der Waals surface area (Å²) >= 11 is 1.68. The summed E-state index contributed by atoms with van der Waals surface area (Å²) in [5, 5.41) is 6.63. The van der Waals surface area contributed by atoms with Crippen molar-refractivity contribution in [3.8, 4) is 17.0 Å². The van der Waals surface area contributed by atoms with Crippen molar-refractivity contribution in [1.29, 1.82) is 0 Å². The molecular formula is C20H21ClN2O2S. The highest BCUT2D eigenvalue weighted by atomic mass is 35.5. The van der Waals surface area contributed by atoms with Crippen molar-refractivity contribution in [3.63, 3.8) is 0 Å². The molecule has 1 unspecified atom stereocenters. The molecule has 0 radical (unpaired) electrons. The van der Waals surface area contributed by atoms with Gasteiger partial charge in [0, 0.05) is 17.5 Å². The van der Waals surface area contributed by atoms with E-state index in [0.29, 0.717) is 13.2 Å². The van der Waals surface area contributed by atoms with Crippen LogP contribution in [0.1, 0.15) is 16.6 Å². The fraction of sp³-hybridized carbons (Fsp3) is 0.250. The van der Waals surface area contributed by atoms with E-state index in [0.717, 1.165) is 40.7 Å². The molecule has 0 amide bonds. The molecule has 1 N–H and O–H groups in total. The second-order valence-electron chi connectivity index (χ2n) is 5.95. The summed E-state index contributed by atoms with van der Waals surface area (Å²) < 4.78 is 11.4. The topological polar surface area (TPSA) is 43.4 Å². The quantitative estimate of drug-likeness (QED) is 0.700. The van der Waals surface area contributed by atoms with Gasteiger partial charge in [0.1, 0.15) is 17.4 Å². The first-order valence-electron chi connectivity index (χ1n) is 8.42. The van der Waals surface area contributed by atoms with Crippen molar-refractivity contribution in [3.05, 3.63) is 70.5 Å². The molecule has 1 saturated heterocycles. The van der Waals surface area contributed by atoms with Crippen LogP contribution < -0.4 is 10.1 Å². The summed E-state index contributed by atoms with van der Waals surface area (Å²) in [6, 6.07) is 18.5. The molecule has 0 bridgehead atoms. The molecule has 1 fully saturated rings. The van der Waals surface area contributed by atoms with Gasteiger partial charge in [-0.05, 0) is 29.8 Å². The maximum absolute atomic E-state index is 5.84. The molecule has 136 valence electrons. The Morgan fingerprint density at radius 1 is 1.12 bits per heavy atom. The highest BCUT2D eigenvalue weighted by Crippen LogP contribution is 2.28. The van der Waals surface area contributed by atoms with Crippen LogP contribution in [-0.2, 0) is 11.3 Å². The third kappa shape index (κ3) is 4.62. The predicted octanol–water partition coefficient (Wildman–Crippen LogP) is 4.47. The second kappa shape index (κ2) is 9.14. The fourth-order valence-corrected chi connectivity index (χ4v) is 3.65. The zero-order valence-corrected chi connectivity index (χ0v) is 15.9. The van der Waals surface area contributed by atoms with E-state index >= 15 is 0 Å². The van der Waals surface area contributed by atoms with Gasteiger partial charge in [-0.2, -0.15) is 0 Å². The number of aromatic nitrogens is 1. The van der Waals surface area contributed by atoms with Gasteiger partial charge in [0.05, 0.1) is 24.9 Å². The molecule has 0 saturated carbocycles. The Morgan fingerprint density at radius 2 is 1.92 bits per heavy atom. The van der Waals surface area contributed by atoms with E-state index in [1.54, 1.807) is 11.3 Å². The molecule has 2 aromatic carbocycles. The third-order valence-electron chi connectivity index (χ3n) is 4.14. The molecule has 4 nitrogen and oxygen atoms in total. The molecule has 1 aromatic heterocycles. The predicted molar refractivity (Wildman–Crippen MR) is 107 cm³/mol. The molecule has 4 rings (SSSR count). The van der Waals surface area contributed by atoms with E-state index in [1.165, 1.54) is 0 Å². The molecule has 6 heteroatoms. The lowest BCUT2D eigenvalue weighted by Gasteiger charge is -2.21. The largest absolute Gasteiger partial charge is 0.489 e. The standard InChI is InChI=1S/C20H20N2O2S.ClH/c1-2-4-15(5-3-1)12-24-17-8-6-16(7-9-17)19-14-25-20(22-19)18-13-23-11-10-21-18;/h1-9,14,18,21H,10-13H2;1H. The fourth-order valence-electron chi connectivity index (χ4n) is 2.77. The number of ether oxygens (including phenoxy) is 2. The number of benzene rings is 2. The van der Waals surface area contributed by atoms with Crippen molar-refractivity contribution in [2.45, 2.75) is 12.6 Å². The molecular weight excluding hydrogens is 368 g/mol. The Balaban J connectivity index is 0.00000196. The van der Waals surface area contributed by atoms with Crippen molar-refractivity contribution < 1.29 is 9.47 Å². The third-order valence-corrected chi connectivity index (χ3v) is 5.10. The van der Waals surface area contributed by atoms with E-state index < -0.39 is 0 Å². The van der Waals surface area contributed by atoms with Crippen LogP contribution in [0.4, 0.5) is 0 Å². The Morgan fingerprint density at radius 3 is 2.65 bits per heavy atom. The number of hydrogen-bond donors (Lipinski definition) is 1. The van der Waals surface area contributed by atoms with Gasteiger partial charge in [0.15, 0.2) is 0 Å². The lowest BCUT2D eigenvalue weighted by Crippen LogP contribution is -2.34. The van der Waals surface area contributed by atoms with Gasteiger partial charge in [-0.1, -0.05) is 30.3 Å². The van der Waals surface area contributed by atoms with Gasteiger partial charge in [-0.25, -0.2) is 4.98 Å². The summed E-state index contributed by atoms with van der Waals surface area (Å²) in [5.41, 5.74) is 3.27. The summed E-state index contributed by atoms with van der Waals surface area (Å²) in [6.45, 7) is 2.93. The maximum Gasteiger partial charge on any atom is 0.119 e. The van der Waals surface area contributed by atoms with E-state index in [1.807, 2.05) is 30.3 Å². The van der Waals surface area contributed by atoms with Crippen LogP contribution in [0.3, 0.4) is 0 Å². The molecule has 2 heterocycles. The molecule has 0 spiro atoms. The average Bonchev–Trinajstić information content (AvgIpc) is 3.19.